The minimum absolute atomic E-state index is 0.0172. The predicted molar refractivity (Wildman–Crippen MR) is 150 cm³/mol. The van der Waals surface area contributed by atoms with Crippen LogP contribution in [0.25, 0.3) is 5.57 Å². The van der Waals surface area contributed by atoms with Crippen molar-refractivity contribution >= 4 is 11.8 Å². The average Bonchev–Trinajstić information content (AvgIpc) is 2.82. The number of rotatable bonds is 12. The van der Waals surface area contributed by atoms with Crippen LogP contribution in [0.5, 0.6) is 0 Å². The van der Waals surface area contributed by atoms with E-state index in [1.54, 1.807) is 6.21 Å². The van der Waals surface area contributed by atoms with Crippen molar-refractivity contribution in [3.63, 3.8) is 0 Å². The standard InChI is InChI=1S/C31H41FN2/c1-12-28(32)29(13-2)34-25(11)24(10)30(33-16-5)20-22(8)26-17-18-27(23(9)19-26)31(14-3,15-4)21(6)7/h12-13,16-20,34H,1-2,6,8,14-15H2,3-5,7,9-11H3/b25-24+,29-28-,30-20+,33-16?. The topological polar surface area (TPSA) is 24.4 Å². The molecule has 0 aliphatic carbocycles. The lowest BCUT2D eigenvalue weighted by Crippen LogP contribution is -2.26. The van der Waals surface area contributed by atoms with E-state index in [1.807, 2.05) is 26.8 Å². The molecule has 0 aromatic heterocycles. The molecule has 0 saturated heterocycles. The number of aryl methyl sites for hydroxylation is 1. The molecule has 0 unspecified atom stereocenters. The number of hydrogen-bond donors (Lipinski definition) is 1. The summed E-state index contributed by atoms with van der Waals surface area (Å²) in [6.45, 7) is 30.2. The van der Waals surface area contributed by atoms with Gasteiger partial charge in [0.05, 0.1) is 11.4 Å². The largest absolute Gasteiger partial charge is 0.356 e. The van der Waals surface area contributed by atoms with E-state index in [9.17, 15) is 4.39 Å². The fourth-order valence-electron chi connectivity index (χ4n) is 4.30. The first kappa shape index (κ1) is 28.8. The van der Waals surface area contributed by atoms with Crippen LogP contribution in [0.15, 0.2) is 102 Å². The summed E-state index contributed by atoms with van der Waals surface area (Å²) in [5.74, 6) is -0.461. The van der Waals surface area contributed by atoms with Gasteiger partial charge in [0.15, 0.2) is 0 Å². The summed E-state index contributed by atoms with van der Waals surface area (Å²) in [5.41, 5.74) is 8.27. The summed E-state index contributed by atoms with van der Waals surface area (Å²) < 4.78 is 14.0. The molecule has 0 aliphatic rings. The minimum Gasteiger partial charge on any atom is -0.356 e. The molecule has 2 nitrogen and oxygen atoms in total. The van der Waals surface area contributed by atoms with Crippen molar-refractivity contribution < 1.29 is 4.39 Å². The molecule has 3 heteroatoms. The lowest BCUT2D eigenvalue weighted by Gasteiger charge is -2.35. The molecule has 34 heavy (non-hydrogen) atoms. The average molecular weight is 461 g/mol. The normalized spacial score (nSPS) is 13.8. The van der Waals surface area contributed by atoms with E-state index < -0.39 is 5.83 Å². The molecule has 0 atom stereocenters. The monoisotopic (exact) mass is 460 g/mol. The molecule has 0 spiro atoms. The van der Waals surface area contributed by atoms with E-state index in [-0.39, 0.29) is 11.1 Å². The highest BCUT2D eigenvalue weighted by Crippen LogP contribution is 2.40. The summed E-state index contributed by atoms with van der Waals surface area (Å²) in [6, 6.07) is 6.52. The lowest BCUT2D eigenvalue weighted by atomic mass is 9.69. The molecule has 1 aromatic rings. The number of hydrogen-bond acceptors (Lipinski definition) is 2. The first-order valence-corrected chi connectivity index (χ1v) is 11.8. The van der Waals surface area contributed by atoms with Crippen molar-refractivity contribution in [1.29, 1.82) is 0 Å². The third kappa shape index (κ3) is 6.44. The van der Waals surface area contributed by atoms with Crippen LogP contribution >= 0.6 is 0 Å². The van der Waals surface area contributed by atoms with Crippen LogP contribution in [0, 0.1) is 6.92 Å². The lowest BCUT2D eigenvalue weighted by molar-refractivity contribution is 0.466. The highest BCUT2D eigenvalue weighted by atomic mass is 19.1. The van der Waals surface area contributed by atoms with Gasteiger partial charge in [-0.05, 0) is 93.5 Å². The number of aliphatic imine (C=N–C) groups is 1. The van der Waals surface area contributed by atoms with Gasteiger partial charge in [0.1, 0.15) is 5.83 Å². The Hall–Kier alpha value is -3.20. The van der Waals surface area contributed by atoms with Crippen LogP contribution in [0.4, 0.5) is 4.39 Å². The van der Waals surface area contributed by atoms with Crippen molar-refractivity contribution in [3.05, 3.63) is 113 Å². The Bertz CT molecular complexity index is 1070. The molecule has 0 saturated carbocycles. The van der Waals surface area contributed by atoms with Crippen LogP contribution in [0.1, 0.15) is 71.1 Å². The molecule has 182 valence electrons. The number of benzene rings is 1. The summed E-state index contributed by atoms with van der Waals surface area (Å²) in [7, 11) is 0. The maximum atomic E-state index is 14.0. The third-order valence-electron chi connectivity index (χ3n) is 6.63. The molecule has 0 radical (unpaired) electrons. The SMILES string of the molecule is C=C/C(F)=C(\C=C)N/C(C)=C(C)/C(=C\C(=C)c1ccc(C(CC)(CC)C(=C)C)c(C)c1)N=CC. The van der Waals surface area contributed by atoms with Gasteiger partial charge in [-0.2, -0.15) is 0 Å². The second kappa shape index (κ2) is 12.9. The van der Waals surface area contributed by atoms with Crippen molar-refractivity contribution in [2.75, 3.05) is 0 Å². The molecule has 1 N–H and O–H groups in total. The van der Waals surface area contributed by atoms with E-state index in [2.05, 4.69) is 82.5 Å². The molecule has 0 heterocycles. The second-order valence-electron chi connectivity index (χ2n) is 8.59. The van der Waals surface area contributed by atoms with E-state index in [0.717, 1.165) is 47.0 Å². The maximum Gasteiger partial charge on any atom is 0.146 e. The number of halogens is 1. The first-order valence-electron chi connectivity index (χ1n) is 11.8. The highest BCUT2D eigenvalue weighted by molar-refractivity contribution is 5.75. The Balaban J connectivity index is 3.46. The van der Waals surface area contributed by atoms with Crippen molar-refractivity contribution in [2.24, 2.45) is 4.99 Å². The van der Waals surface area contributed by atoms with Crippen molar-refractivity contribution in [1.82, 2.24) is 5.32 Å². The van der Waals surface area contributed by atoms with Gasteiger partial charge in [-0.1, -0.05) is 63.9 Å². The molecule has 0 fully saturated rings. The fourth-order valence-corrected chi connectivity index (χ4v) is 4.30. The van der Waals surface area contributed by atoms with Gasteiger partial charge in [-0.3, -0.25) is 4.99 Å². The fraction of sp³-hybridized carbons (Fsp3) is 0.323. The van der Waals surface area contributed by atoms with Gasteiger partial charge >= 0.3 is 0 Å². The zero-order valence-corrected chi connectivity index (χ0v) is 22.1. The minimum atomic E-state index is -0.461. The molecule has 0 bridgehead atoms. The highest BCUT2D eigenvalue weighted by Gasteiger charge is 2.30. The zero-order valence-electron chi connectivity index (χ0n) is 22.1. The van der Waals surface area contributed by atoms with E-state index in [0.29, 0.717) is 0 Å². The molecule has 0 aliphatic heterocycles. The summed E-state index contributed by atoms with van der Waals surface area (Å²) in [4.78, 5) is 4.55. The second-order valence-corrected chi connectivity index (χ2v) is 8.59. The zero-order chi connectivity index (χ0) is 26.1. The van der Waals surface area contributed by atoms with Crippen LogP contribution in [-0.4, -0.2) is 6.21 Å². The first-order chi connectivity index (χ1) is 16.0. The van der Waals surface area contributed by atoms with Crippen LogP contribution in [0.3, 0.4) is 0 Å². The van der Waals surface area contributed by atoms with Crippen LogP contribution < -0.4 is 5.32 Å². The Morgan fingerprint density at radius 3 is 2.15 bits per heavy atom. The van der Waals surface area contributed by atoms with E-state index in [1.165, 1.54) is 22.8 Å². The number of allylic oxidation sites excluding steroid dienone is 8. The number of nitrogens with one attached hydrogen (secondary N) is 1. The van der Waals surface area contributed by atoms with Gasteiger partial charge in [0.2, 0.25) is 0 Å². The quantitative estimate of drug-likeness (QED) is 0.188. The smallest absolute Gasteiger partial charge is 0.146 e. The number of nitrogens with zero attached hydrogens (tertiary/aromatic N) is 1. The van der Waals surface area contributed by atoms with Gasteiger partial charge < -0.3 is 5.32 Å². The maximum absolute atomic E-state index is 14.0. The van der Waals surface area contributed by atoms with Gasteiger partial charge in [-0.15, -0.1) is 0 Å². The molecular weight excluding hydrogens is 419 g/mol. The van der Waals surface area contributed by atoms with Crippen molar-refractivity contribution in [2.45, 2.75) is 66.7 Å². The predicted octanol–water partition coefficient (Wildman–Crippen LogP) is 9.05. The molecule has 0 amide bonds. The Labute approximate surface area is 206 Å². The van der Waals surface area contributed by atoms with Crippen LogP contribution in [0.2, 0.25) is 0 Å². The van der Waals surface area contributed by atoms with Crippen LogP contribution in [-0.2, 0) is 5.41 Å². The Morgan fingerprint density at radius 1 is 1.09 bits per heavy atom. The molecule has 1 rings (SSSR count). The van der Waals surface area contributed by atoms with Crippen molar-refractivity contribution in [3.8, 4) is 0 Å². The van der Waals surface area contributed by atoms with Gasteiger partial charge in [0, 0.05) is 17.3 Å². The molecular formula is C31H41FN2. The van der Waals surface area contributed by atoms with E-state index >= 15 is 0 Å². The Morgan fingerprint density at radius 2 is 1.71 bits per heavy atom. The summed E-state index contributed by atoms with van der Waals surface area (Å²) in [5, 5.41) is 3.07. The van der Waals surface area contributed by atoms with Gasteiger partial charge in [-0.25, -0.2) is 4.39 Å². The molecule has 1 aromatic carbocycles. The summed E-state index contributed by atoms with van der Waals surface area (Å²) in [6.07, 6.45) is 8.31. The van der Waals surface area contributed by atoms with Gasteiger partial charge in [0.25, 0.3) is 0 Å². The Kier molecular flexibility index (Phi) is 10.9. The third-order valence-corrected chi connectivity index (χ3v) is 6.63. The summed E-state index contributed by atoms with van der Waals surface area (Å²) >= 11 is 0. The van der Waals surface area contributed by atoms with E-state index in [4.69, 9.17) is 0 Å².